The number of piperazine rings is 1. The van der Waals surface area contributed by atoms with Gasteiger partial charge in [0, 0.05) is 25.1 Å². The van der Waals surface area contributed by atoms with Crippen molar-refractivity contribution >= 4 is 17.7 Å². The summed E-state index contributed by atoms with van der Waals surface area (Å²) in [6, 6.07) is 4.90. The van der Waals surface area contributed by atoms with Gasteiger partial charge in [-0.2, -0.15) is 8.78 Å². The maximum atomic E-state index is 13.2. The van der Waals surface area contributed by atoms with Gasteiger partial charge in [0.2, 0.25) is 11.8 Å². The lowest BCUT2D eigenvalue weighted by Crippen LogP contribution is -2.70. The molecule has 1 saturated carbocycles. The van der Waals surface area contributed by atoms with E-state index in [9.17, 15) is 23.2 Å². The van der Waals surface area contributed by atoms with Crippen molar-refractivity contribution in [2.45, 2.75) is 57.8 Å². The van der Waals surface area contributed by atoms with Gasteiger partial charge in [0.25, 0.3) is 5.91 Å². The molecule has 7 nitrogen and oxygen atoms in total. The number of benzene rings is 1. The summed E-state index contributed by atoms with van der Waals surface area (Å²) in [4.78, 5) is 43.5. The minimum atomic E-state index is -2.93. The summed E-state index contributed by atoms with van der Waals surface area (Å²) < 4.78 is 29.1. The van der Waals surface area contributed by atoms with Crippen molar-refractivity contribution in [2.24, 2.45) is 5.92 Å². The molecular formula is C22H27F2N3O4. The molecule has 1 aliphatic carbocycles. The van der Waals surface area contributed by atoms with Crippen molar-refractivity contribution in [1.29, 1.82) is 0 Å². The molecule has 0 N–H and O–H groups in total. The number of halogens is 2. The number of amides is 3. The molecule has 3 fully saturated rings. The van der Waals surface area contributed by atoms with Gasteiger partial charge < -0.3 is 19.4 Å². The Morgan fingerprint density at radius 1 is 1.19 bits per heavy atom. The van der Waals surface area contributed by atoms with Crippen LogP contribution in [0.1, 0.15) is 49.4 Å². The van der Waals surface area contributed by atoms with Crippen LogP contribution in [0, 0.1) is 5.92 Å². The number of fused-ring (bicyclic) bond motifs is 1. The molecule has 2 aliphatic heterocycles. The molecule has 31 heavy (non-hydrogen) atoms. The topological polar surface area (TPSA) is 70.2 Å². The van der Waals surface area contributed by atoms with E-state index in [0.29, 0.717) is 12.1 Å². The van der Waals surface area contributed by atoms with Crippen molar-refractivity contribution in [3.8, 4) is 5.75 Å². The van der Waals surface area contributed by atoms with E-state index in [4.69, 9.17) is 0 Å². The summed E-state index contributed by atoms with van der Waals surface area (Å²) >= 11 is 0. The fourth-order valence-electron chi connectivity index (χ4n) is 4.50. The zero-order valence-electron chi connectivity index (χ0n) is 17.5. The quantitative estimate of drug-likeness (QED) is 0.660. The van der Waals surface area contributed by atoms with Gasteiger partial charge in [-0.15, -0.1) is 0 Å². The number of hydrogen-bond donors (Lipinski definition) is 0. The molecule has 1 aromatic carbocycles. The van der Waals surface area contributed by atoms with E-state index < -0.39 is 18.8 Å². The van der Waals surface area contributed by atoms with Gasteiger partial charge in [-0.25, -0.2) is 0 Å². The van der Waals surface area contributed by atoms with Crippen molar-refractivity contribution in [2.75, 3.05) is 19.6 Å². The summed E-state index contributed by atoms with van der Waals surface area (Å²) in [5.41, 5.74) is 0.320. The Morgan fingerprint density at radius 2 is 1.90 bits per heavy atom. The molecule has 0 aromatic heterocycles. The molecule has 1 aromatic rings. The minimum Gasteiger partial charge on any atom is -0.435 e. The highest BCUT2D eigenvalue weighted by molar-refractivity contribution is 5.97. The van der Waals surface area contributed by atoms with Crippen LogP contribution >= 0.6 is 0 Å². The molecule has 0 bridgehead atoms. The highest BCUT2D eigenvalue weighted by Gasteiger charge is 2.46. The van der Waals surface area contributed by atoms with Crippen LogP contribution in [0.3, 0.4) is 0 Å². The molecule has 0 radical (unpaired) electrons. The van der Waals surface area contributed by atoms with Crippen LogP contribution < -0.4 is 4.74 Å². The number of nitrogens with zero attached hydrogens (tertiary/aromatic N) is 3. The molecule has 4 rings (SSSR count). The predicted molar refractivity (Wildman–Crippen MR) is 107 cm³/mol. The Bertz CT molecular complexity index is 844. The lowest BCUT2D eigenvalue weighted by Gasteiger charge is -2.51. The van der Waals surface area contributed by atoms with Gasteiger partial charge in [0.05, 0.1) is 6.54 Å². The van der Waals surface area contributed by atoms with E-state index in [2.05, 4.69) is 4.74 Å². The van der Waals surface area contributed by atoms with Gasteiger partial charge in [0.15, 0.2) is 0 Å². The van der Waals surface area contributed by atoms with Crippen LogP contribution in [-0.2, 0) is 9.59 Å². The van der Waals surface area contributed by atoms with Crippen LogP contribution in [-0.4, -0.2) is 70.9 Å². The van der Waals surface area contributed by atoms with Crippen molar-refractivity contribution in [3.05, 3.63) is 29.8 Å². The van der Waals surface area contributed by atoms with Gasteiger partial charge in [-0.3, -0.25) is 14.4 Å². The molecule has 168 valence electrons. The maximum absolute atomic E-state index is 13.2. The van der Waals surface area contributed by atoms with E-state index in [1.54, 1.807) is 16.7 Å². The Labute approximate surface area is 179 Å². The summed E-state index contributed by atoms with van der Waals surface area (Å²) in [7, 11) is 0. The smallest absolute Gasteiger partial charge is 0.387 e. The SMILES string of the molecule is CC1C(=O)N(CCCC2CC2)CC2N(C(=O)c3ccc(OC(F)F)cc3)CCC(=O)N12. The molecular weight excluding hydrogens is 408 g/mol. The summed E-state index contributed by atoms with van der Waals surface area (Å²) in [5, 5.41) is 0. The highest BCUT2D eigenvalue weighted by Crippen LogP contribution is 2.34. The first-order valence-electron chi connectivity index (χ1n) is 10.8. The molecule has 3 amide bonds. The maximum Gasteiger partial charge on any atom is 0.387 e. The zero-order valence-corrected chi connectivity index (χ0v) is 17.5. The first-order valence-corrected chi connectivity index (χ1v) is 10.8. The van der Waals surface area contributed by atoms with Gasteiger partial charge >= 0.3 is 6.61 Å². The number of carbonyl (C=O) groups excluding carboxylic acids is 3. The molecule has 9 heteroatoms. The Morgan fingerprint density at radius 3 is 2.55 bits per heavy atom. The lowest BCUT2D eigenvalue weighted by atomic mass is 10.0. The molecule has 2 saturated heterocycles. The van der Waals surface area contributed by atoms with E-state index >= 15 is 0 Å². The van der Waals surface area contributed by atoms with Crippen LogP contribution in [0.2, 0.25) is 0 Å². The van der Waals surface area contributed by atoms with E-state index in [1.807, 2.05) is 0 Å². The second-order valence-corrected chi connectivity index (χ2v) is 8.48. The third-order valence-corrected chi connectivity index (χ3v) is 6.33. The van der Waals surface area contributed by atoms with E-state index in [0.717, 1.165) is 18.8 Å². The lowest BCUT2D eigenvalue weighted by molar-refractivity contribution is -0.165. The average molecular weight is 435 g/mol. The van der Waals surface area contributed by atoms with Gasteiger partial charge in [0.1, 0.15) is 18.0 Å². The largest absolute Gasteiger partial charge is 0.435 e. The minimum absolute atomic E-state index is 0.0271. The van der Waals surface area contributed by atoms with Gasteiger partial charge in [-0.05, 0) is 49.9 Å². The standard InChI is InChI=1S/C22H27F2N3O4/c1-14-20(29)25(11-2-3-15-4-5-15)13-18-26(12-10-19(28)27(14)18)21(30)16-6-8-17(9-7-16)31-22(23)24/h6-9,14-15,18,22H,2-5,10-13H2,1H3. The van der Waals surface area contributed by atoms with Crippen molar-refractivity contribution in [1.82, 2.24) is 14.7 Å². The molecule has 0 spiro atoms. The normalized spacial score (nSPS) is 23.9. The van der Waals surface area contributed by atoms with Crippen LogP contribution in [0.25, 0.3) is 0 Å². The first-order chi connectivity index (χ1) is 14.8. The average Bonchev–Trinajstić information content (AvgIpc) is 3.55. The number of carbonyl (C=O) groups is 3. The van der Waals surface area contributed by atoms with E-state index in [1.165, 1.54) is 42.0 Å². The second kappa shape index (κ2) is 8.80. The number of hydrogen-bond acceptors (Lipinski definition) is 4. The Balaban J connectivity index is 1.49. The Hall–Kier alpha value is -2.71. The van der Waals surface area contributed by atoms with Gasteiger partial charge in [-0.1, -0.05) is 12.8 Å². The van der Waals surface area contributed by atoms with Crippen LogP contribution in [0.4, 0.5) is 8.78 Å². The first kappa shape index (κ1) is 21.5. The third kappa shape index (κ3) is 4.65. The summed E-state index contributed by atoms with van der Waals surface area (Å²) in [6.45, 7) is -0.0524. The number of ether oxygens (including phenoxy) is 1. The second-order valence-electron chi connectivity index (χ2n) is 8.48. The highest BCUT2D eigenvalue weighted by atomic mass is 19.3. The van der Waals surface area contributed by atoms with Crippen LogP contribution in [0.15, 0.2) is 24.3 Å². The fraction of sp³-hybridized carbons (Fsp3) is 0.591. The molecule has 2 atom stereocenters. The number of rotatable bonds is 7. The fourth-order valence-corrected chi connectivity index (χ4v) is 4.50. The zero-order chi connectivity index (χ0) is 22.1. The molecule has 2 heterocycles. The van der Waals surface area contributed by atoms with Crippen LogP contribution in [0.5, 0.6) is 5.75 Å². The molecule has 3 aliphatic rings. The monoisotopic (exact) mass is 435 g/mol. The Kier molecular flexibility index (Phi) is 6.11. The third-order valence-electron chi connectivity index (χ3n) is 6.33. The predicted octanol–water partition coefficient (Wildman–Crippen LogP) is 2.71. The van der Waals surface area contributed by atoms with Crippen molar-refractivity contribution in [3.63, 3.8) is 0 Å². The van der Waals surface area contributed by atoms with E-state index in [-0.39, 0.29) is 43.0 Å². The molecule has 2 unspecified atom stereocenters. The summed E-state index contributed by atoms with van der Waals surface area (Å²) in [6.07, 6.45) is 4.16. The summed E-state index contributed by atoms with van der Waals surface area (Å²) in [5.74, 6) is 0.239. The van der Waals surface area contributed by atoms with Crippen molar-refractivity contribution < 1.29 is 27.9 Å². The number of alkyl halides is 2.